The minimum Gasteiger partial charge on any atom is -0.461 e. The van der Waals surface area contributed by atoms with Crippen molar-refractivity contribution in [1.82, 2.24) is 0 Å². The Morgan fingerprint density at radius 2 is 1.82 bits per heavy atom. The van der Waals surface area contributed by atoms with E-state index in [-0.39, 0.29) is 0 Å². The van der Waals surface area contributed by atoms with Crippen LogP contribution in [-0.4, -0.2) is 5.11 Å². The highest BCUT2D eigenvalue weighted by Crippen LogP contribution is 1.89. The minimum atomic E-state index is 0.887. The fourth-order valence-electron chi connectivity index (χ4n) is 0.462. The van der Waals surface area contributed by atoms with Gasteiger partial charge in [0.1, 0.15) is 6.11 Å². The fourth-order valence-corrected chi connectivity index (χ4v) is 0.462. The lowest BCUT2D eigenvalue weighted by Crippen LogP contribution is -1.65. The average molecular weight is 146 g/mol. The lowest BCUT2D eigenvalue weighted by atomic mass is 10.2. The third kappa shape index (κ3) is 8.48. The second-order valence-corrected chi connectivity index (χ2v) is 1.89. The molecule has 0 aliphatic rings. The SMILES string of the molecule is CCCCC#CC#CC#CO. The first-order valence-corrected chi connectivity index (χ1v) is 3.53. The summed E-state index contributed by atoms with van der Waals surface area (Å²) in [6.45, 7) is 2.12. The molecule has 0 saturated heterocycles. The van der Waals surface area contributed by atoms with E-state index in [0.29, 0.717) is 0 Å². The molecule has 0 heterocycles. The van der Waals surface area contributed by atoms with Crippen molar-refractivity contribution in [1.29, 1.82) is 0 Å². The van der Waals surface area contributed by atoms with Crippen LogP contribution < -0.4 is 0 Å². The van der Waals surface area contributed by atoms with Gasteiger partial charge in [0.05, 0.1) is 0 Å². The molecule has 0 aromatic heterocycles. The molecule has 0 atom stereocenters. The van der Waals surface area contributed by atoms with Crippen LogP contribution in [-0.2, 0) is 0 Å². The predicted molar refractivity (Wildman–Crippen MR) is 44.8 cm³/mol. The standard InChI is InChI=1S/C10H10O/c1-2-3-4-5-6-7-8-9-10-11/h11H,2-4H2,1H3. The molecule has 0 bridgehead atoms. The summed E-state index contributed by atoms with van der Waals surface area (Å²) in [7, 11) is 0. The molecule has 0 spiro atoms. The van der Waals surface area contributed by atoms with Crippen molar-refractivity contribution in [2.24, 2.45) is 0 Å². The van der Waals surface area contributed by atoms with E-state index >= 15 is 0 Å². The molecule has 0 aliphatic carbocycles. The number of hydrogen-bond donors (Lipinski definition) is 1. The number of aliphatic hydroxyl groups excluding tert-OH is 1. The van der Waals surface area contributed by atoms with Gasteiger partial charge in [0.15, 0.2) is 0 Å². The van der Waals surface area contributed by atoms with Crippen LogP contribution in [0.25, 0.3) is 0 Å². The van der Waals surface area contributed by atoms with Crippen molar-refractivity contribution in [3.8, 4) is 35.7 Å². The minimum absolute atomic E-state index is 0.887. The maximum atomic E-state index is 8.00. The predicted octanol–water partition coefficient (Wildman–Crippen LogP) is 1.52. The summed E-state index contributed by atoms with van der Waals surface area (Å²) in [5.74, 6) is 12.6. The Balaban J connectivity index is 3.54. The Morgan fingerprint density at radius 1 is 1.09 bits per heavy atom. The number of rotatable bonds is 2. The van der Waals surface area contributed by atoms with E-state index in [9.17, 15) is 0 Å². The number of unbranched alkanes of at least 4 members (excludes halogenated alkanes) is 2. The van der Waals surface area contributed by atoms with Gasteiger partial charge in [0.25, 0.3) is 0 Å². The van der Waals surface area contributed by atoms with E-state index in [2.05, 4.69) is 36.5 Å². The normalized spacial score (nSPS) is 5.91. The largest absolute Gasteiger partial charge is 0.461 e. The summed E-state index contributed by atoms with van der Waals surface area (Å²) in [6, 6.07) is 0. The summed E-state index contributed by atoms with van der Waals surface area (Å²) >= 11 is 0. The Labute approximate surface area is 67.8 Å². The molecule has 0 fully saturated rings. The van der Waals surface area contributed by atoms with Crippen molar-refractivity contribution in [3.05, 3.63) is 0 Å². The molecule has 0 aromatic rings. The number of aliphatic hydroxyl groups is 1. The average Bonchev–Trinajstić information content (AvgIpc) is 2.03. The summed E-state index contributed by atoms with van der Waals surface area (Å²) in [6.07, 6.45) is 4.83. The summed E-state index contributed by atoms with van der Waals surface area (Å²) in [5, 5.41) is 8.00. The van der Waals surface area contributed by atoms with Crippen molar-refractivity contribution in [2.45, 2.75) is 26.2 Å². The molecule has 0 aliphatic heterocycles. The van der Waals surface area contributed by atoms with Gasteiger partial charge in [0, 0.05) is 18.3 Å². The monoisotopic (exact) mass is 146 g/mol. The van der Waals surface area contributed by atoms with E-state index in [1.54, 1.807) is 6.11 Å². The van der Waals surface area contributed by atoms with E-state index in [1.807, 2.05) is 0 Å². The molecular weight excluding hydrogens is 136 g/mol. The molecule has 1 N–H and O–H groups in total. The van der Waals surface area contributed by atoms with Crippen LogP contribution in [0.15, 0.2) is 0 Å². The van der Waals surface area contributed by atoms with Crippen LogP contribution >= 0.6 is 0 Å². The molecule has 0 rings (SSSR count). The molecule has 0 amide bonds. The molecule has 56 valence electrons. The van der Waals surface area contributed by atoms with Gasteiger partial charge in [-0.1, -0.05) is 19.3 Å². The second kappa shape index (κ2) is 8.48. The molecule has 11 heavy (non-hydrogen) atoms. The zero-order valence-corrected chi connectivity index (χ0v) is 6.57. The van der Waals surface area contributed by atoms with Crippen LogP contribution in [0, 0.1) is 35.7 Å². The van der Waals surface area contributed by atoms with E-state index in [0.717, 1.165) is 19.3 Å². The quantitative estimate of drug-likeness (QED) is 0.462. The third-order valence-electron chi connectivity index (χ3n) is 0.987. The van der Waals surface area contributed by atoms with Crippen LogP contribution in [0.3, 0.4) is 0 Å². The zero-order valence-electron chi connectivity index (χ0n) is 6.57. The molecule has 1 nitrogen and oxygen atoms in total. The van der Waals surface area contributed by atoms with Crippen molar-refractivity contribution in [2.75, 3.05) is 0 Å². The molecular formula is C10H10O. The highest BCUT2D eigenvalue weighted by molar-refractivity contribution is 5.34. The second-order valence-electron chi connectivity index (χ2n) is 1.89. The molecule has 0 radical (unpaired) electrons. The lowest BCUT2D eigenvalue weighted by Gasteiger charge is -1.80. The van der Waals surface area contributed by atoms with Crippen LogP contribution in [0.1, 0.15) is 26.2 Å². The Bertz CT molecular complexity index is 256. The summed E-state index contributed by atoms with van der Waals surface area (Å²) in [5.41, 5.74) is 0. The fraction of sp³-hybridized carbons (Fsp3) is 0.400. The smallest absolute Gasteiger partial charge is 0.122 e. The molecule has 0 aromatic carbocycles. The highest BCUT2D eigenvalue weighted by atomic mass is 16.2. The molecule has 0 saturated carbocycles. The molecule has 1 heteroatoms. The highest BCUT2D eigenvalue weighted by Gasteiger charge is 1.73. The summed E-state index contributed by atoms with van der Waals surface area (Å²) in [4.78, 5) is 0. The van der Waals surface area contributed by atoms with Gasteiger partial charge in [-0.15, -0.1) is 0 Å². The van der Waals surface area contributed by atoms with Gasteiger partial charge in [0.2, 0.25) is 0 Å². The summed E-state index contributed by atoms with van der Waals surface area (Å²) < 4.78 is 0. The third-order valence-corrected chi connectivity index (χ3v) is 0.987. The van der Waals surface area contributed by atoms with Gasteiger partial charge in [-0.25, -0.2) is 0 Å². The Morgan fingerprint density at radius 3 is 2.45 bits per heavy atom. The van der Waals surface area contributed by atoms with Gasteiger partial charge < -0.3 is 5.11 Å². The number of hydrogen-bond acceptors (Lipinski definition) is 1. The van der Waals surface area contributed by atoms with Crippen LogP contribution in [0.4, 0.5) is 0 Å². The van der Waals surface area contributed by atoms with E-state index in [1.165, 1.54) is 0 Å². The van der Waals surface area contributed by atoms with Crippen LogP contribution in [0.2, 0.25) is 0 Å². The maximum absolute atomic E-state index is 8.00. The van der Waals surface area contributed by atoms with E-state index < -0.39 is 0 Å². The first-order chi connectivity index (χ1) is 5.41. The van der Waals surface area contributed by atoms with Crippen molar-refractivity contribution in [3.63, 3.8) is 0 Å². The lowest BCUT2D eigenvalue weighted by molar-refractivity contribution is 0.517. The van der Waals surface area contributed by atoms with Gasteiger partial charge in [-0.2, -0.15) is 0 Å². The Hall–Kier alpha value is -1.52. The maximum Gasteiger partial charge on any atom is 0.122 e. The topological polar surface area (TPSA) is 20.2 Å². The van der Waals surface area contributed by atoms with Gasteiger partial charge in [-0.3, -0.25) is 0 Å². The first-order valence-electron chi connectivity index (χ1n) is 3.53. The molecule has 0 unspecified atom stereocenters. The Kier molecular flexibility index (Phi) is 7.31. The van der Waals surface area contributed by atoms with E-state index in [4.69, 9.17) is 5.11 Å². The van der Waals surface area contributed by atoms with Gasteiger partial charge >= 0.3 is 0 Å². The van der Waals surface area contributed by atoms with Crippen molar-refractivity contribution < 1.29 is 5.11 Å². The zero-order chi connectivity index (χ0) is 8.36. The van der Waals surface area contributed by atoms with Crippen LogP contribution in [0.5, 0.6) is 0 Å². The first kappa shape index (κ1) is 9.48. The van der Waals surface area contributed by atoms with Gasteiger partial charge in [-0.05, 0) is 18.3 Å². The van der Waals surface area contributed by atoms with Crippen molar-refractivity contribution >= 4 is 0 Å².